The number of ether oxygens (including phenoxy) is 2. The third kappa shape index (κ3) is 4.14. The van der Waals surface area contributed by atoms with Crippen molar-refractivity contribution >= 4 is 0 Å². The lowest BCUT2D eigenvalue weighted by Crippen LogP contribution is -2.36. The summed E-state index contributed by atoms with van der Waals surface area (Å²) in [5, 5.41) is 3.55. The predicted molar refractivity (Wildman–Crippen MR) is 82.7 cm³/mol. The van der Waals surface area contributed by atoms with Crippen LogP contribution in [0.4, 0.5) is 0 Å². The van der Waals surface area contributed by atoms with E-state index < -0.39 is 0 Å². The SMILES string of the molecule is CCc1ccc(OC(CNC2CC2)C(C)C)c(OC)c1. The van der Waals surface area contributed by atoms with Gasteiger partial charge in [0.05, 0.1) is 7.11 Å². The topological polar surface area (TPSA) is 30.5 Å². The highest BCUT2D eigenvalue weighted by Crippen LogP contribution is 2.30. The molecule has 0 aliphatic heterocycles. The van der Waals surface area contributed by atoms with Crippen LogP contribution in [0, 0.1) is 5.92 Å². The Labute approximate surface area is 122 Å². The maximum Gasteiger partial charge on any atom is 0.161 e. The van der Waals surface area contributed by atoms with Crippen molar-refractivity contribution in [2.45, 2.75) is 52.2 Å². The van der Waals surface area contributed by atoms with Gasteiger partial charge >= 0.3 is 0 Å². The summed E-state index contributed by atoms with van der Waals surface area (Å²) in [5.74, 6) is 2.15. The van der Waals surface area contributed by atoms with Gasteiger partial charge in [-0.05, 0) is 42.9 Å². The van der Waals surface area contributed by atoms with E-state index in [2.05, 4.69) is 38.2 Å². The van der Waals surface area contributed by atoms with Crippen molar-refractivity contribution in [3.63, 3.8) is 0 Å². The molecule has 0 heterocycles. The highest BCUT2D eigenvalue weighted by atomic mass is 16.5. The molecule has 0 saturated heterocycles. The zero-order chi connectivity index (χ0) is 14.5. The lowest BCUT2D eigenvalue weighted by atomic mass is 10.1. The number of hydrogen-bond acceptors (Lipinski definition) is 3. The number of methoxy groups -OCH3 is 1. The fourth-order valence-corrected chi connectivity index (χ4v) is 2.18. The molecule has 1 unspecified atom stereocenters. The fourth-order valence-electron chi connectivity index (χ4n) is 2.18. The summed E-state index contributed by atoms with van der Waals surface area (Å²) < 4.78 is 11.6. The summed E-state index contributed by atoms with van der Waals surface area (Å²) in [5.41, 5.74) is 1.27. The van der Waals surface area contributed by atoms with Crippen molar-refractivity contribution in [3.8, 4) is 11.5 Å². The van der Waals surface area contributed by atoms with Gasteiger partial charge in [-0.3, -0.25) is 0 Å². The van der Waals surface area contributed by atoms with Gasteiger partial charge in [0.25, 0.3) is 0 Å². The largest absolute Gasteiger partial charge is 0.493 e. The molecule has 112 valence electrons. The third-order valence-electron chi connectivity index (χ3n) is 3.84. The maximum absolute atomic E-state index is 6.19. The van der Waals surface area contributed by atoms with Crippen molar-refractivity contribution in [3.05, 3.63) is 23.8 Å². The van der Waals surface area contributed by atoms with Gasteiger partial charge in [0.15, 0.2) is 11.5 Å². The Morgan fingerprint density at radius 3 is 2.55 bits per heavy atom. The van der Waals surface area contributed by atoms with Crippen LogP contribution in [-0.4, -0.2) is 25.8 Å². The molecule has 0 radical (unpaired) electrons. The Balaban J connectivity index is 2.04. The third-order valence-corrected chi connectivity index (χ3v) is 3.84. The second-order valence-electron chi connectivity index (χ2n) is 5.92. The normalized spacial score (nSPS) is 16.2. The summed E-state index contributed by atoms with van der Waals surface area (Å²) in [6.07, 6.45) is 3.79. The Hall–Kier alpha value is -1.22. The number of rotatable bonds is 8. The summed E-state index contributed by atoms with van der Waals surface area (Å²) >= 11 is 0. The molecule has 1 saturated carbocycles. The molecule has 0 aromatic heterocycles. The van der Waals surface area contributed by atoms with Crippen molar-refractivity contribution in [2.24, 2.45) is 5.92 Å². The molecule has 1 aliphatic rings. The molecule has 0 bridgehead atoms. The van der Waals surface area contributed by atoms with Crippen LogP contribution in [0.25, 0.3) is 0 Å². The summed E-state index contributed by atoms with van der Waals surface area (Å²) in [6, 6.07) is 6.93. The van der Waals surface area contributed by atoms with Crippen LogP contribution < -0.4 is 14.8 Å². The van der Waals surface area contributed by atoms with E-state index in [0.717, 1.165) is 24.5 Å². The monoisotopic (exact) mass is 277 g/mol. The standard InChI is InChI=1S/C17H27NO2/c1-5-13-6-9-15(16(10-13)19-4)20-17(12(2)3)11-18-14-7-8-14/h6,9-10,12,14,17-18H,5,7-8,11H2,1-4H3. The molecular weight excluding hydrogens is 250 g/mol. The molecule has 1 atom stereocenters. The van der Waals surface area contributed by atoms with Gasteiger partial charge in [0.2, 0.25) is 0 Å². The van der Waals surface area contributed by atoms with E-state index in [1.807, 2.05) is 6.07 Å². The average Bonchev–Trinajstić information content (AvgIpc) is 3.27. The van der Waals surface area contributed by atoms with Gasteiger partial charge in [-0.15, -0.1) is 0 Å². The van der Waals surface area contributed by atoms with Crippen molar-refractivity contribution in [1.82, 2.24) is 5.32 Å². The maximum atomic E-state index is 6.19. The fraction of sp³-hybridized carbons (Fsp3) is 0.647. The Morgan fingerprint density at radius 1 is 1.25 bits per heavy atom. The minimum Gasteiger partial charge on any atom is -0.493 e. The lowest BCUT2D eigenvalue weighted by Gasteiger charge is -2.24. The first-order valence-electron chi connectivity index (χ1n) is 7.71. The highest BCUT2D eigenvalue weighted by Gasteiger charge is 2.24. The first-order chi connectivity index (χ1) is 9.63. The van der Waals surface area contributed by atoms with Crippen LogP contribution in [-0.2, 0) is 6.42 Å². The van der Waals surface area contributed by atoms with Gasteiger partial charge in [-0.25, -0.2) is 0 Å². The quantitative estimate of drug-likeness (QED) is 0.790. The number of aryl methyl sites for hydroxylation is 1. The van der Waals surface area contributed by atoms with Gasteiger partial charge in [0.1, 0.15) is 6.10 Å². The molecule has 3 nitrogen and oxygen atoms in total. The molecular formula is C17H27NO2. The number of nitrogens with one attached hydrogen (secondary N) is 1. The smallest absolute Gasteiger partial charge is 0.161 e. The van der Waals surface area contributed by atoms with Crippen LogP contribution >= 0.6 is 0 Å². The van der Waals surface area contributed by atoms with Gasteiger partial charge in [0, 0.05) is 12.6 Å². The minimum atomic E-state index is 0.178. The van der Waals surface area contributed by atoms with Crippen LogP contribution in [0.3, 0.4) is 0 Å². The molecule has 0 amide bonds. The van der Waals surface area contributed by atoms with E-state index in [4.69, 9.17) is 9.47 Å². The van der Waals surface area contributed by atoms with Gasteiger partial charge in [-0.2, -0.15) is 0 Å². The molecule has 1 fully saturated rings. The second kappa shape index (κ2) is 6.98. The van der Waals surface area contributed by atoms with Crippen LogP contribution in [0.15, 0.2) is 18.2 Å². The van der Waals surface area contributed by atoms with Crippen molar-refractivity contribution in [2.75, 3.05) is 13.7 Å². The second-order valence-corrected chi connectivity index (χ2v) is 5.92. The first kappa shape index (κ1) is 15.2. The summed E-state index contributed by atoms with van der Waals surface area (Å²) in [4.78, 5) is 0. The van der Waals surface area contributed by atoms with E-state index in [1.165, 1.54) is 18.4 Å². The summed E-state index contributed by atoms with van der Waals surface area (Å²) in [6.45, 7) is 7.45. The zero-order valence-corrected chi connectivity index (χ0v) is 13.1. The Morgan fingerprint density at radius 2 is 2.00 bits per heavy atom. The minimum absolute atomic E-state index is 0.178. The Kier molecular flexibility index (Phi) is 5.30. The van der Waals surface area contributed by atoms with E-state index in [1.54, 1.807) is 7.11 Å². The zero-order valence-electron chi connectivity index (χ0n) is 13.1. The van der Waals surface area contributed by atoms with Gasteiger partial charge < -0.3 is 14.8 Å². The average molecular weight is 277 g/mol. The van der Waals surface area contributed by atoms with E-state index in [-0.39, 0.29) is 6.10 Å². The molecule has 2 rings (SSSR count). The molecule has 1 aromatic rings. The lowest BCUT2D eigenvalue weighted by molar-refractivity contribution is 0.143. The van der Waals surface area contributed by atoms with Crippen molar-refractivity contribution in [1.29, 1.82) is 0 Å². The predicted octanol–water partition coefficient (Wildman–Crippen LogP) is 3.41. The molecule has 3 heteroatoms. The van der Waals surface area contributed by atoms with Crippen molar-refractivity contribution < 1.29 is 9.47 Å². The first-order valence-corrected chi connectivity index (χ1v) is 7.71. The number of hydrogen-bond donors (Lipinski definition) is 1. The van der Waals surface area contributed by atoms with E-state index >= 15 is 0 Å². The van der Waals surface area contributed by atoms with E-state index in [0.29, 0.717) is 12.0 Å². The van der Waals surface area contributed by atoms with E-state index in [9.17, 15) is 0 Å². The van der Waals surface area contributed by atoms with Crippen LogP contribution in [0.5, 0.6) is 11.5 Å². The van der Waals surface area contributed by atoms with Crippen LogP contribution in [0.2, 0.25) is 0 Å². The molecule has 1 N–H and O–H groups in total. The molecule has 1 aromatic carbocycles. The van der Waals surface area contributed by atoms with Gasteiger partial charge in [-0.1, -0.05) is 26.8 Å². The Bertz CT molecular complexity index is 427. The number of benzene rings is 1. The molecule has 1 aliphatic carbocycles. The van der Waals surface area contributed by atoms with Crippen LogP contribution in [0.1, 0.15) is 39.2 Å². The summed E-state index contributed by atoms with van der Waals surface area (Å²) in [7, 11) is 1.70. The molecule has 0 spiro atoms. The highest BCUT2D eigenvalue weighted by molar-refractivity contribution is 5.43. The molecule has 20 heavy (non-hydrogen) atoms.